The van der Waals surface area contributed by atoms with Crippen LogP contribution in [0.4, 0.5) is 4.39 Å². The molecule has 2 rings (SSSR count). The summed E-state index contributed by atoms with van der Waals surface area (Å²) in [5.41, 5.74) is 0.131. The first-order valence-electron chi connectivity index (χ1n) is 6.50. The maximum Gasteiger partial charge on any atom is 0.252 e. The maximum absolute atomic E-state index is 13.2. The predicted octanol–water partition coefficient (Wildman–Crippen LogP) is 2.76. The van der Waals surface area contributed by atoms with E-state index in [0.29, 0.717) is 6.54 Å². The third-order valence-electron chi connectivity index (χ3n) is 3.59. The fraction of sp³-hybridized carbons (Fsp3) is 0.500. The Labute approximate surface area is 116 Å². The van der Waals surface area contributed by atoms with Gasteiger partial charge in [0, 0.05) is 12.5 Å². The molecule has 1 aromatic rings. The van der Waals surface area contributed by atoms with Gasteiger partial charge in [-0.15, -0.1) is 0 Å². The number of amides is 1. The van der Waals surface area contributed by atoms with Crippen molar-refractivity contribution in [3.05, 3.63) is 34.6 Å². The molecule has 104 valence electrons. The second-order valence-electron chi connectivity index (χ2n) is 4.92. The molecule has 19 heavy (non-hydrogen) atoms. The molecule has 3 nitrogen and oxygen atoms in total. The molecule has 1 aliphatic carbocycles. The molecule has 0 spiro atoms. The second-order valence-corrected chi connectivity index (χ2v) is 5.30. The van der Waals surface area contributed by atoms with E-state index in [-0.39, 0.29) is 22.6 Å². The van der Waals surface area contributed by atoms with Crippen LogP contribution < -0.4 is 5.32 Å². The number of carbonyl (C=O) groups excluding carboxylic acids is 1. The van der Waals surface area contributed by atoms with E-state index in [1.807, 2.05) is 0 Å². The summed E-state index contributed by atoms with van der Waals surface area (Å²) in [6.07, 6.45) is 3.41. The average molecular weight is 286 g/mol. The van der Waals surface area contributed by atoms with Crippen LogP contribution in [0.25, 0.3) is 0 Å². The lowest BCUT2D eigenvalue weighted by Gasteiger charge is -2.27. The zero-order chi connectivity index (χ0) is 13.8. The van der Waals surface area contributed by atoms with Gasteiger partial charge < -0.3 is 10.4 Å². The minimum Gasteiger partial charge on any atom is -0.393 e. The van der Waals surface area contributed by atoms with Gasteiger partial charge in [-0.3, -0.25) is 4.79 Å². The number of hydrogen-bond donors (Lipinski definition) is 2. The van der Waals surface area contributed by atoms with Crippen LogP contribution in [-0.4, -0.2) is 23.7 Å². The number of nitrogens with one attached hydrogen (secondary N) is 1. The zero-order valence-corrected chi connectivity index (χ0v) is 11.3. The Morgan fingerprint density at radius 3 is 2.89 bits per heavy atom. The van der Waals surface area contributed by atoms with Gasteiger partial charge in [0.15, 0.2) is 0 Å². The molecule has 1 amide bonds. The quantitative estimate of drug-likeness (QED) is 0.897. The molecule has 0 aromatic heterocycles. The first kappa shape index (κ1) is 14.3. The molecular weight excluding hydrogens is 269 g/mol. The molecule has 0 radical (unpaired) electrons. The number of aliphatic hydroxyl groups excluding tert-OH is 1. The summed E-state index contributed by atoms with van der Waals surface area (Å²) >= 11 is 5.75. The van der Waals surface area contributed by atoms with Gasteiger partial charge in [-0.25, -0.2) is 4.39 Å². The van der Waals surface area contributed by atoms with Gasteiger partial charge in [0.1, 0.15) is 5.82 Å². The molecule has 0 bridgehead atoms. The highest BCUT2D eigenvalue weighted by Gasteiger charge is 2.24. The molecule has 1 aromatic carbocycles. The fourth-order valence-corrected chi connectivity index (χ4v) is 2.64. The van der Waals surface area contributed by atoms with Gasteiger partial charge >= 0.3 is 0 Å². The van der Waals surface area contributed by atoms with Crippen LogP contribution in [0.5, 0.6) is 0 Å². The van der Waals surface area contributed by atoms with Gasteiger partial charge in [0.25, 0.3) is 5.91 Å². The largest absolute Gasteiger partial charge is 0.393 e. The van der Waals surface area contributed by atoms with Crippen molar-refractivity contribution in [1.82, 2.24) is 5.32 Å². The number of aliphatic hydroxyl groups is 1. The van der Waals surface area contributed by atoms with E-state index >= 15 is 0 Å². The fourth-order valence-electron chi connectivity index (χ4n) is 2.42. The SMILES string of the molecule is O=C(NCC1CCCCC1O)c1cccc(F)c1Cl. The van der Waals surface area contributed by atoms with Crippen LogP contribution in [0.2, 0.25) is 5.02 Å². The van der Waals surface area contributed by atoms with Crippen molar-refractivity contribution in [3.8, 4) is 0 Å². The van der Waals surface area contributed by atoms with Crippen LogP contribution in [0.1, 0.15) is 36.0 Å². The first-order valence-corrected chi connectivity index (χ1v) is 6.87. The van der Waals surface area contributed by atoms with Crippen molar-refractivity contribution in [1.29, 1.82) is 0 Å². The predicted molar refractivity (Wildman–Crippen MR) is 71.7 cm³/mol. The molecule has 1 aliphatic rings. The summed E-state index contributed by atoms with van der Waals surface area (Å²) < 4.78 is 13.2. The maximum atomic E-state index is 13.2. The summed E-state index contributed by atoms with van der Waals surface area (Å²) in [7, 11) is 0. The van der Waals surface area contributed by atoms with Crippen LogP contribution in [0.15, 0.2) is 18.2 Å². The molecule has 2 N–H and O–H groups in total. The number of rotatable bonds is 3. The number of hydrogen-bond acceptors (Lipinski definition) is 2. The molecule has 2 atom stereocenters. The Morgan fingerprint density at radius 1 is 1.42 bits per heavy atom. The highest BCUT2D eigenvalue weighted by molar-refractivity contribution is 6.34. The average Bonchev–Trinajstić information content (AvgIpc) is 2.40. The standard InChI is InChI=1S/C14H17ClFNO2/c15-13-10(5-3-6-11(13)16)14(19)17-8-9-4-1-2-7-12(9)18/h3,5-6,9,12,18H,1-2,4,7-8H2,(H,17,19). The molecule has 2 unspecified atom stereocenters. The third kappa shape index (κ3) is 3.45. The molecule has 0 saturated heterocycles. The molecular formula is C14H17ClFNO2. The third-order valence-corrected chi connectivity index (χ3v) is 3.97. The Kier molecular flexibility index (Phi) is 4.77. The van der Waals surface area contributed by atoms with Gasteiger partial charge in [-0.05, 0) is 25.0 Å². The Bertz CT molecular complexity index is 467. The van der Waals surface area contributed by atoms with E-state index in [0.717, 1.165) is 25.7 Å². The van der Waals surface area contributed by atoms with Crippen molar-refractivity contribution >= 4 is 17.5 Å². The van der Waals surface area contributed by atoms with Crippen molar-refractivity contribution in [3.63, 3.8) is 0 Å². The van der Waals surface area contributed by atoms with Gasteiger partial charge in [-0.2, -0.15) is 0 Å². The second kappa shape index (κ2) is 6.35. The molecule has 0 aliphatic heterocycles. The Morgan fingerprint density at radius 2 is 2.16 bits per heavy atom. The molecule has 5 heteroatoms. The highest BCUT2D eigenvalue weighted by atomic mass is 35.5. The normalized spacial score (nSPS) is 23.1. The van der Waals surface area contributed by atoms with Crippen LogP contribution in [-0.2, 0) is 0 Å². The zero-order valence-electron chi connectivity index (χ0n) is 10.5. The summed E-state index contributed by atoms with van der Waals surface area (Å²) in [6, 6.07) is 4.15. The van der Waals surface area contributed by atoms with Gasteiger partial charge in [0.2, 0.25) is 0 Å². The summed E-state index contributed by atoms with van der Waals surface area (Å²) in [5, 5.41) is 12.4. The van der Waals surface area contributed by atoms with Gasteiger partial charge in [-0.1, -0.05) is 30.5 Å². The van der Waals surface area contributed by atoms with Crippen molar-refractivity contribution in [2.24, 2.45) is 5.92 Å². The van der Waals surface area contributed by atoms with Crippen molar-refractivity contribution < 1.29 is 14.3 Å². The van der Waals surface area contributed by atoms with E-state index in [2.05, 4.69) is 5.32 Å². The summed E-state index contributed by atoms with van der Waals surface area (Å²) in [5.74, 6) is -0.931. The monoisotopic (exact) mass is 285 g/mol. The Hall–Kier alpha value is -1.13. The summed E-state index contributed by atoms with van der Waals surface area (Å²) in [6.45, 7) is 0.396. The molecule has 0 heterocycles. The number of benzene rings is 1. The lowest BCUT2D eigenvalue weighted by Crippen LogP contribution is -2.36. The minimum absolute atomic E-state index is 0.0741. The topological polar surface area (TPSA) is 49.3 Å². The van der Waals surface area contributed by atoms with E-state index in [1.165, 1.54) is 18.2 Å². The Balaban J connectivity index is 1.95. The van der Waals surface area contributed by atoms with Crippen LogP contribution in [0, 0.1) is 11.7 Å². The molecule has 1 saturated carbocycles. The van der Waals surface area contributed by atoms with Gasteiger partial charge in [0.05, 0.1) is 16.7 Å². The highest BCUT2D eigenvalue weighted by Crippen LogP contribution is 2.24. The lowest BCUT2D eigenvalue weighted by atomic mass is 9.86. The smallest absolute Gasteiger partial charge is 0.252 e. The summed E-state index contributed by atoms with van der Waals surface area (Å²) in [4.78, 5) is 11.9. The number of halogens is 2. The van der Waals surface area contributed by atoms with E-state index in [4.69, 9.17) is 11.6 Å². The lowest BCUT2D eigenvalue weighted by molar-refractivity contribution is 0.0663. The minimum atomic E-state index is -0.605. The van der Waals surface area contributed by atoms with E-state index in [1.54, 1.807) is 0 Å². The van der Waals surface area contributed by atoms with E-state index in [9.17, 15) is 14.3 Å². The first-order chi connectivity index (χ1) is 9.09. The van der Waals surface area contributed by atoms with Crippen LogP contribution in [0.3, 0.4) is 0 Å². The van der Waals surface area contributed by atoms with Crippen molar-refractivity contribution in [2.45, 2.75) is 31.8 Å². The van der Waals surface area contributed by atoms with Crippen LogP contribution >= 0.6 is 11.6 Å². The molecule has 1 fully saturated rings. The van der Waals surface area contributed by atoms with Crippen molar-refractivity contribution in [2.75, 3.05) is 6.54 Å². The van der Waals surface area contributed by atoms with E-state index < -0.39 is 11.7 Å². The number of carbonyl (C=O) groups is 1.